The van der Waals surface area contributed by atoms with Gasteiger partial charge in [0.25, 0.3) is 6.47 Å². The fourth-order valence-corrected chi connectivity index (χ4v) is 2.46. The van der Waals surface area contributed by atoms with Crippen LogP contribution in [0.25, 0.3) is 0 Å². The third-order valence-corrected chi connectivity index (χ3v) is 4.08. The molecule has 149 valence electrons. The van der Waals surface area contributed by atoms with Gasteiger partial charge in [-0.05, 0) is 0 Å². The molecule has 26 heavy (non-hydrogen) atoms. The van der Waals surface area contributed by atoms with Crippen molar-refractivity contribution in [3.05, 3.63) is 0 Å². The van der Waals surface area contributed by atoms with Gasteiger partial charge >= 0.3 is 5.97 Å². The van der Waals surface area contributed by atoms with Gasteiger partial charge in [-0.25, -0.2) is 0 Å². The molecule has 8 nitrogen and oxygen atoms in total. The number of nitrogens with one attached hydrogen (secondary N) is 2. The number of carboxylic acids is 1. The number of hydrogen-bond acceptors (Lipinski definition) is 5. The van der Waals surface area contributed by atoms with Crippen LogP contribution >= 0.6 is 0 Å². The van der Waals surface area contributed by atoms with Gasteiger partial charge in [0.2, 0.25) is 11.8 Å². The summed E-state index contributed by atoms with van der Waals surface area (Å²) in [5.41, 5.74) is 0. The van der Waals surface area contributed by atoms with Crippen molar-refractivity contribution in [2.75, 3.05) is 14.1 Å². The van der Waals surface area contributed by atoms with E-state index in [9.17, 15) is 19.2 Å². The normalized spacial score (nSPS) is 24.5. The Morgan fingerprint density at radius 1 is 0.923 bits per heavy atom. The summed E-state index contributed by atoms with van der Waals surface area (Å²) in [6, 6.07) is 0. The topological polar surface area (TPSA) is 122 Å². The minimum atomic E-state index is -1.28. The summed E-state index contributed by atoms with van der Waals surface area (Å²) in [7, 11) is 2.68. The fraction of sp³-hybridized carbons (Fsp3) is 0.765. The van der Waals surface area contributed by atoms with Gasteiger partial charge in [0.05, 0.1) is 17.8 Å². The molecule has 9 heteroatoms. The van der Waals surface area contributed by atoms with Crippen molar-refractivity contribution in [2.24, 2.45) is 17.8 Å². The second-order valence-electron chi connectivity index (χ2n) is 5.26. The van der Waals surface area contributed by atoms with Crippen molar-refractivity contribution in [3.63, 3.8) is 0 Å². The number of carbonyl (C=O) groups excluding carboxylic acids is 3. The number of hydrogen-bond donors (Lipinski definition) is 3. The Morgan fingerprint density at radius 2 is 1.27 bits per heavy atom. The van der Waals surface area contributed by atoms with Gasteiger partial charge in [0, 0.05) is 46.8 Å². The molecule has 0 aromatic heterocycles. The molecule has 2 aliphatic rings. The molecule has 2 rings (SSSR count). The molecule has 2 unspecified atom stereocenters. The van der Waals surface area contributed by atoms with Crippen molar-refractivity contribution < 1.29 is 61.7 Å². The van der Waals surface area contributed by atoms with Crippen molar-refractivity contribution >= 4 is 24.3 Å². The van der Waals surface area contributed by atoms with Gasteiger partial charge in [0.1, 0.15) is 6.10 Å². The fourth-order valence-electron chi connectivity index (χ4n) is 2.46. The molecule has 1 radical (unpaired) electrons. The number of carboxylic acid groups (broad SMARTS) is 1. The first-order chi connectivity index (χ1) is 11.5. The number of carbonyl (C=O) groups is 4. The third kappa shape index (κ3) is 7.70. The maximum absolute atomic E-state index is 11.5. The van der Waals surface area contributed by atoms with Gasteiger partial charge in [-0.2, -0.15) is 0 Å². The molecular weight excluding hydrogens is 417 g/mol. The smallest absolute Gasteiger partial charge is 0.308 e. The van der Waals surface area contributed by atoms with Crippen molar-refractivity contribution in [1.29, 1.82) is 0 Å². The first-order valence-electron chi connectivity index (χ1n) is 8.24. The predicted molar refractivity (Wildman–Crippen MR) is 93.7 cm³/mol. The molecule has 2 atom stereocenters. The molecule has 0 bridgehead atoms. The van der Waals surface area contributed by atoms with E-state index in [2.05, 4.69) is 15.4 Å². The van der Waals surface area contributed by atoms with E-state index in [4.69, 9.17) is 5.11 Å². The summed E-state index contributed by atoms with van der Waals surface area (Å²) in [6.45, 7) is 4.11. The number of rotatable bonds is 5. The zero-order valence-electron chi connectivity index (χ0n) is 15.3. The van der Waals surface area contributed by atoms with Crippen molar-refractivity contribution in [2.45, 2.75) is 53.1 Å². The largest absolute Gasteiger partial charge is 0.481 e. The molecule has 0 heterocycles. The van der Waals surface area contributed by atoms with E-state index >= 15 is 0 Å². The van der Waals surface area contributed by atoms with Crippen LogP contribution in [0.4, 0.5) is 0 Å². The summed E-state index contributed by atoms with van der Waals surface area (Å²) in [6.07, 6.45) is 4.95. The molecule has 2 fully saturated rings. The van der Waals surface area contributed by atoms with Gasteiger partial charge in [-0.1, -0.05) is 47.0 Å². The Kier molecular flexibility index (Phi) is 18.5. The first kappa shape index (κ1) is 29.7. The summed E-state index contributed by atoms with van der Waals surface area (Å²) in [5, 5.41) is 13.6. The molecule has 0 aromatic rings. The SMILES string of the molecule is C.C1CCC1.CC.CNC(=O)C1C(OC=O)C(C(=O)NC)C1C(=O)O.[Y]. The van der Waals surface area contributed by atoms with Crippen LogP contribution < -0.4 is 10.6 Å². The Labute approximate surface area is 181 Å². The van der Waals surface area contributed by atoms with Gasteiger partial charge in [0.15, 0.2) is 0 Å². The minimum absolute atomic E-state index is 0. The maximum Gasteiger partial charge on any atom is 0.308 e. The Hall–Kier alpha value is -1.02. The summed E-state index contributed by atoms with van der Waals surface area (Å²) < 4.78 is 4.66. The first-order valence-corrected chi connectivity index (χ1v) is 8.24. The van der Waals surface area contributed by atoms with Crippen molar-refractivity contribution in [3.8, 4) is 0 Å². The van der Waals surface area contributed by atoms with Crippen molar-refractivity contribution in [1.82, 2.24) is 10.6 Å². The third-order valence-electron chi connectivity index (χ3n) is 4.08. The molecule has 0 spiro atoms. The van der Waals surface area contributed by atoms with E-state index in [0.29, 0.717) is 0 Å². The predicted octanol–water partition coefficient (Wildman–Crippen LogP) is 1.19. The quantitative estimate of drug-likeness (QED) is 0.542. The molecule has 2 amide bonds. The van der Waals surface area contributed by atoms with E-state index in [1.807, 2.05) is 13.8 Å². The van der Waals surface area contributed by atoms with Gasteiger partial charge in [-0.3, -0.25) is 19.2 Å². The minimum Gasteiger partial charge on any atom is -0.481 e. The van der Waals surface area contributed by atoms with Crippen LogP contribution in [0.2, 0.25) is 0 Å². The van der Waals surface area contributed by atoms with Crippen LogP contribution in [0.1, 0.15) is 47.0 Å². The number of aliphatic carboxylic acids is 1. The standard InChI is InChI=1S/C10H14N2O6.C4H8.C2H6.CH4.Y/c1-11-8(14)5-4(10(16)17)6(9(15)12-2)7(5)18-3-13;1-2-4-3-1;1-2;;/h3-7H,1-2H3,(H,11,14)(H,12,15)(H,16,17);1-4H2;1-2H3;1H4;. The van der Waals surface area contributed by atoms with Crippen LogP contribution in [-0.4, -0.2) is 49.6 Å². The maximum atomic E-state index is 11.5. The van der Waals surface area contributed by atoms with Crippen LogP contribution in [-0.2, 0) is 56.6 Å². The number of amides is 2. The van der Waals surface area contributed by atoms with E-state index in [-0.39, 0.29) is 46.6 Å². The molecule has 2 saturated carbocycles. The average Bonchev–Trinajstić information content (AvgIpc) is 2.50. The van der Waals surface area contributed by atoms with E-state index in [1.54, 1.807) is 0 Å². The Bertz CT molecular complexity index is 415. The van der Waals surface area contributed by atoms with Crippen LogP contribution in [0, 0.1) is 17.8 Å². The monoisotopic (exact) mass is 449 g/mol. The van der Waals surface area contributed by atoms with E-state index in [0.717, 1.165) is 0 Å². The second kappa shape index (κ2) is 16.2. The number of ether oxygens (including phenoxy) is 1. The second-order valence-corrected chi connectivity index (χ2v) is 5.26. The molecule has 3 N–H and O–H groups in total. The van der Waals surface area contributed by atoms with E-state index < -0.39 is 41.6 Å². The molecular formula is C17H32N2O6Y. The molecule has 2 aliphatic carbocycles. The zero-order chi connectivity index (χ0) is 18.7. The molecule has 0 saturated heterocycles. The molecule has 0 aliphatic heterocycles. The zero-order valence-corrected chi connectivity index (χ0v) is 18.1. The summed E-state index contributed by atoms with van der Waals surface area (Å²) >= 11 is 0. The van der Waals surface area contributed by atoms with Crippen LogP contribution in [0.15, 0.2) is 0 Å². The Morgan fingerprint density at radius 3 is 1.46 bits per heavy atom. The van der Waals surface area contributed by atoms with Crippen LogP contribution in [0.3, 0.4) is 0 Å². The summed E-state index contributed by atoms with van der Waals surface area (Å²) in [5.74, 6) is -5.73. The Balaban J connectivity index is -0.000000569. The average molecular weight is 449 g/mol. The summed E-state index contributed by atoms with van der Waals surface area (Å²) in [4.78, 5) is 44.6. The van der Waals surface area contributed by atoms with E-state index in [1.165, 1.54) is 39.8 Å². The van der Waals surface area contributed by atoms with Gasteiger partial charge < -0.3 is 20.5 Å². The van der Waals surface area contributed by atoms with Crippen LogP contribution in [0.5, 0.6) is 0 Å². The molecule has 0 aromatic carbocycles. The van der Waals surface area contributed by atoms with Gasteiger partial charge in [-0.15, -0.1) is 0 Å².